The number of halogens is 1. The summed E-state index contributed by atoms with van der Waals surface area (Å²) < 4.78 is 39.2. The van der Waals surface area contributed by atoms with E-state index in [1.807, 2.05) is 0 Å². The Kier molecular flexibility index (Phi) is 1.76. The van der Waals surface area contributed by atoms with Gasteiger partial charge in [-0.2, -0.15) is 0 Å². The molecule has 1 aromatic rings. The molecule has 2 unspecified atom stereocenters. The van der Waals surface area contributed by atoms with E-state index < -0.39 is 36.6 Å². The van der Waals surface area contributed by atoms with Crippen molar-refractivity contribution in [3.8, 4) is 0 Å². The zero-order valence-electron chi connectivity index (χ0n) is 13.3. The Morgan fingerprint density at radius 3 is 3.00 bits per heavy atom. The van der Waals surface area contributed by atoms with Crippen molar-refractivity contribution in [2.75, 3.05) is 0 Å². The summed E-state index contributed by atoms with van der Waals surface area (Å²) in [4.78, 5) is 12.4. The van der Waals surface area contributed by atoms with E-state index in [1.54, 1.807) is 6.07 Å². The minimum atomic E-state index is -2.85. The van der Waals surface area contributed by atoms with Crippen molar-refractivity contribution in [2.45, 2.75) is 30.8 Å². The number of hydrogen-bond acceptors (Lipinski definition) is 3. The van der Waals surface area contributed by atoms with Gasteiger partial charge in [-0.3, -0.25) is 4.79 Å². The molecule has 1 aliphatic rings. The second kappa shape index (κ2) is 4.17. The first-order chi connectivity index (χ1) is 9.38. The fraction of sp³-hybridized carbons (Fsp3) is 0.417. The van der Waals surface area contributed by atoms with Crippen LogP contribution in [0.1, 0.15) is 31.6 Å². The SMILES string of the molecule is [2H]C1(O)CC([2H])([2H])C([2H])([2H])C(N)(c2ccccc2Cl)C1=O. The van der Waals surface area contributed by atoms with Crippen molar-refractivity contribution in [2.24, 2.45) is 5.73 Å². The summed E-state index contributed by atoms with van der Waals surface area (Å²) in [5.41, 5.74) is 3.20. The Balaban J connectivity index is 2.78. The number of benzene rings is 1. The minimum absolute atomic E-state index is 0.0364. The average Bonchev–Trinajstić information content (AvgIpc) is 2.34. The van der Waals surface area contributed by atoms with Gasteiger partial charge in [-0.25, -0.2) is 0 Å². The van der Waals surface area contributed by atoms with Crippen LogP contribution in [0.4, 0.5) is 0 Å². The van der Waals surface area contributed by atoms with Gasteiger partial charge < -0.3 is 10.8 Å². The van der Waals surface area contributed by atoms with Gasteiger partial charge in [0.25, 0.3) is 0 Å². The topological polar surface area (TPSA) is 63.3 Å². The molecule has 4 heteroatoms. The Morgan fingerprint density at radius 2 is 2.31 bits per heavy atom. The lowest BCUT2D eigenvalue weighted by molar-refractivity contribution is -0.136. The highest BCUT2D eigenvalue weighted by Gasteiger charge is 2.43. The van der Waals surface area contributed by atoms with Gasteiger partial charge >= 0.3 is 0 Å². The maximum Gasteiger partial charge on any atom is 0.185 e. The smallest absolute Gasteiger partial charge is 0.185 e. The number of carbonyl (C=O) groups is 1. The quantitative estimate of drug-likeness (QED) is 0.789. The molecule has 3 N–H and O–H groups in total. The number of nitrogens with two attached hydrogens (primary N) is 1. The van der Waals surface area contributed by atoms with Crippen LogP contribution in [-0.2, 0) is 10.3 Å². The summed E-state index contributed by atoms with van der Waals surface area (Å²) in [6.45, 7) is 0. The molecular formula is C12H14ClNO2. The molecule has 1 aliphatic carbocycles. The zero-order valence-corrected chi connectivity index (χ0v) is 9.08. The van der Waals surface area contributed by atoms with Crippen LogP contribution < -0.4 is 5.73 Å². The molecule has 0 spiro atoms. The lowest BCUT2D eigenvalue weighted by atomic mass is 9.75. The van der Waals surface area contributed by atoms with E-state index in [9.17, 15) is 9.90 Å². The molecule has 0 saturated heterocycles. The van der Waals surface area contributed by atoms with Crippen LogP contribution >= 0.6 is 11.6 Å². The molecule has 0 amide bonds. The summed E-state index contributed by atoms with van der Waals surface area (Å²) in [7, 11) is 0. The maximum absolute atomic E-state index is 12.4. The highest BCUT2D eigenvalue weighted by atomic mass is 35.5. The van der Waals surface area contributed by atoms with Gasteiger partial charge in [0.2, 0.25) is 0 Å². The highest BCUT2D eigenvalue weighted by Crippen LogP contribution is 2.35. The normalized spacial score (nSPS) is 45.9. The summed E-state index contributed by atoms with van der Waals surface area (Å²) in [6, 6.07) is 5.67. The molecule has 0 bridgehead atoms. The van der Waals surface area contributed by atoms with Crippen LogP contribution in [-0.4, -0.2) is 17.0 Å². The second-order valence-electron chi connectivity index (χ2n) is 3.54. The molecule has 2 atom stereocenters. The van der Waals surface area contributed by atoms with Gasteiger partial charge in [0, 0.05) is 10.5 Å². The van der Waals surface area contributed by atoms with E-state index in [0.717, 1.165) is 0 Å². The third kappa shape index (κ3) is 1.75. The fourth-order valence-electron chi connectivity index (χ4n) is 1.60. The van der Waals surface area contributed by atoms with Crippen LogP contribution in [0.15, 0.2) is 24.3 Å². The van der Waals surface area contributed by atoms with E-state index in [2.05, 4.69) is 0 Å². The predicted molar refractivity (Wildman–Crippen MR) is 62.2 cm³/mol. The van der Waals surface area contributed by atoms with Crippen LogP contribution in [0, 0.1) is 0 Å². The third-order valence-corrected chi connectivity index (χ3v) is 2.79. The molecular weight excluding hydrogens is 226 g/mol. The van der Waals surface area contributed by atoms with E-state index >= 15 is 0 Å². The number of rotatable bonds is 1. The van der Waals surface area contributed by atoms with Gasteiger partial charge in [0.05, 0.1) is 1.37 Å². The number of carbonyl (C=O) groups excluding carboxylic acids is 1. The first-order valence-corrected chi connectivity index (χ1v) is 5.07. The molecule has 0 heterocycles. The number of Topliss-reactive ketones (excluding diaryl/α,β-unsaturated/α-hetero) is 1. The molecule has 0 aromatic heterocycles. The first-order valence-electron chi connectivity index (χ1n) is 7.19. The summed E-state index contributed by atoms with van der Waals surface area (Å²) in [5.74, 6) is -1.32. The first kappa shape index (κ1) is 6.74. The summed E-state index contributed by atoms with van der Waals surface area (Å²) >= 11 is 5.96. The van der Waals surface area contributed by atoms with Crippen molar-refractivity contribution < 1.29 is 16.8 Å². The van der Waals surface area contributed by atoms with Gasteiger partial charge in [-0.05, 0) is 30.8 Å². The molecule has 1 fully saturated rings. The molecule has 3 nitrogen and oxygen atoms in total. The van der Waals surface area contributed by atoms with E-state index in [-0.39, 0.29) is 10.6 Å². The van der Waals surface area contributed by atoms with Gasteiger partial charge in [0.15, 0.2) is 5.78 Å². The molecule has 16 heavy (non-hydrogen) atoms. The fourth-order valence-corrected chi connectivity index (χ4v) is 1.89. The van der Waals surface area contributed by atoms with Gasteiger partial charge in [-0.1, -0.05) is 29.8 Å². The van der Waals surface area contributed by atoms with E-state index in [1.165, 1.54) is 18.2 Å². The van der Waals surface area contributed by atoms with Gasteiger partial charge in [0.1, 0.15) is 11.6 Å². The molecule has 0 radical (unpaired) electrons. The minimum Gasteiger partial charge on any atom is -0.385 e. The van der Waals surface area contributed by atoms with Crippen LogP contribution in [0.5, 0.6) is 0 Å². The van der Waals surface area contributed by atoms with Crippen molar-refractivity contribution in [3.63, 3.8) is 0 Å². The van der Waals surface area contributed by atoms with Crippen LogP contribution in [0.25, 0.3) is 0 Å². The molecule has 1 aromatic carbocycles. The monoisotopic (exact) mass is 244 g/mol. The average molecular weight is 245 g/mol. The van der Waals surface area contributed by atoms with Crippen LogP contribution in [0.3, 0.4) is 0 Å². The lowest BCUT2D eigenvalue weighted by Gasteiger charge is -2.35. The Hall–Kier alpha value is -0.900. The highest BCUT2D eigenvalue weighted by molar-refractivity contribution is 6.31. The van der Waals surface area contributed by atoms with Crippen molar-refractivity contribution in [3.05, 3.63) is 34.9 Å². The molecule has 1 saturated carbocycles. The zero-order chi connectivity index (χ0) is 16.3. The Labute approximate surface area is 106 Å². The largest absolute Gasteiger partial charge is 0.385 e. The van der Waals surface area contributed by atoms with E-state index in [0.29, 0.717) is 0 Å². The predicted octanol–water partition coefficient (Wildman–Crippen LogP) is 1.61. The Bertz CT molecular complexity index is 607. The van der Waals surface area contributed by atoms with Crippen molar-refractivity contribution in [1.82, 2.24) is 0 Å². The van der Waals surface area contributed by atoms with Crippen molar-refractivity contribution >= 4 is 17.4 Å². The maximum atomic E-state index is 12.4. The van der Waals surface area contributed by atoms with Gasteiger partial charge in [-0.15, -0.1) is 0 Å². The summed E-state index contributed by atoms with van der Waals surface area (Å²) in [5, 5.41) is 9.85. The van der Waals surface area contributed by atoms with Crippen LogP contribution in [0.2, 0.25) is 5.02 Å². The second-order valence-corrected chi connectivity index (χ2v) is 3.95. The number of hydrogen-bond donors (Lipinski definition) is 2. The Morgan fingerprint density at radius 1 is 1.62 bits per heavy atom. The number of aliphatic hydroxyl groups is 1. The third-order valence-electron chi connectivity index (χ3n) is 2.46. The standard InChI is InChI=1S/C12H14ClNO2/c13-9-5-2-1-4-8(9)12(14)7-3-6-10(15)11(12)16/h1-2,4-5,10,15H,3,6-7,14H2/i3D2,7D2,10D. The lowest BCUT2D eigenvalue weighted by Crippen LogP contribution is -2.52. The van der Waals surface area contributed by atoms with E-state index in [4.69, 9.17) is 24.2 Å². The van der Waals surface area contributed by atoms with Crippen molar-refractivity contribution in [1.29, 1.82) is 0 Å². The molecule has 86 valence electrons. The molecule has 0 aliphatic heterocycles. The number of ketones is 1. The molecule has 2 rings (SSSR count). The summed E-state index contributed by atoms with van der Waals surface area (Å²) in [6.07, 6.45) is -9.38.